The monoisotopic (exact) mass is 246 g/mol. The predicted molar refractivity (Wildman–Crippen MR) is 54.5 cm³/mol. The summed E-state index contributed by atoms with van der Waals surface area (Å²) in [4.78, 5) is 1.12. The lowest BCUT2D eigenvalue weighted by Gasteiger charge is -2.35. The van der Waals surface area contributed by atoms with E-state index in [-0.39, 0.29) is 0 Å². The van der Waals surface area contributed by atoms with Crippen molar-refractivity contribution in [1.82, 2.24) is 0 Å². The predicted octanol–water partition coefficient (Wildman–Crippen LogP) is 3.19. The number of hydrogen-bond donors (Lipinski definition) is 1. The summed E-state index contributed by atoms with van der Waals surface area (Å²) < 4.78 is 1.15. The number of halogens is 1. The molecule has 1 aromatic rings. The first-order valence-electron chi connectivity index (χ1n) is 4.11. The largest absolute Gasteiger partial charge is 0.384 e. The van der Waals surface area contributed by atoms with Gasteiger partial charge in [0.05, 0.1) is 9.39 Å². The fourth-order valence-electron chi connectivity index (χ4n) is 1.45. The summed E-state index contributed by atoms with van der Waals surface area (Å²) in [5.41, 5.74) is 0.747. The Labute approximate surface area is 84.6 Å². The van der Waals surface area contributed by atoms with E-state index in [0.717, 1.165) is 27.9 Å². The average Bonchev–Trinajstić information content (AvgIpc) is 2.28. The summed E-state index contributed by atoms with van der Waals surface area (Å²) >= 11 is 5.13. The lowest BCUT2D eigenvalue weighted by atomic mass is 9.79. The van der Waals surface area contributed by atoms with Crippen LogP contribution in [0, 0.1) is 6.92 Å². The summed E-state index contributed by atoms with van der Waals surface area (Å²) in [5, 5.41) is 10.0. The van der Waals surface area contributed by atoms with E-state index in [9.17, 15) is 5.11 Å². The molecule has 1 fully saturated rings. The first-order valence-corrected chi connectivity index (χ1v) is 5.71. The lowest BCUT2D eigenvalue weighted by Crippen LogP contribution is -2.32. The number of aliphatic hydroxyl groups is 1. The molecule has 1 saturated carbocycles. The highest BCUT2D eigenvalue weighted by molar-refractivity contribution is 9.11. The molecule has 0 aliphatic heterocycles. The molecule has 1 N–H and O–H groups in total. The topological polar surface area (TPSA) is 20.2 Å². The van der Waals surface area contributed by atoms with Gasteiger partial charge in [-0.2, -0.15) is 0 Å². The van der Waals surface area contributed by atoms with Crippen molar-refractivity contribution in [2.24, 2.45) is 0 Å². The molecule has 0 aromatic carbocycles. The molecule has 1 aliphatic rings. The van der Waals surface area contributed by atoms with Gasteiger partial charge in [-0.05, 0) is 53.7 Å². The van der Waals surface area contributed by atoms with E-state index >= 15 is 0 Å². The third-order valence-corrected chi connectivity index (χ3v) is 4.83. The van der Waals surface area contributed by atoms with E-state index in [0.29, 0.717) is 0 Å². The number of thiophene rings is 1. The molecule has 0 bridgehead atoms. The van der Waals surface area contributed by atoms with Gasteiger partial charge in [0.25, 0.3) is 0 Å². The molecule has 0 radical (unpaired) electrons. The van der Waals surface area contributed by atoms with Crippen molar-refractivity contribution < 1.29 is 5.11 Å². The fourth-order valence-corrected chi connectivity index (χ4v) is 3.13. The number of rotatable bonds is 1. The molecular formula is C9H11BrOS. The quantitative estimate of drug-likeness (QED) is 0.808. The van der Waals surface area contributed by atoms with Gasteiger partial charge in [0, 0.05) is 4.88 Å². The first kappa shape index (κ1) is 8.73. The van der Waals surface area contributed by atoms with Crippen molar-refractivity contribution in [3.8, 4) is 0 Å². The minimum atomic E-state index is -0.485. The van der Waals surface area contributed by atoms with Crippen LogP contribution in [0.4, 0.5) is 0 Å². The normalized spacial score (nSPS) is 20.6. The van der Waals surface area contributed by atoms with Crippen LogP contribution in [0.2, 0.25) is 0 Å². The van der Waals surface area contributed by atoms with Crippen LogP contribution in [0.3, 0.4) is 0 Å². The summed E-state index contributed by atoms with van der Waals surface area (Å²) in [7, 11) is 0. The van der Waals surface area contributed by atoms with Crippen LogP contribution in [0.5, 0.6) is 0 Å². The maximum absolute atomic E-state index is 10.0. The van der Waals surface area contributed by atoms with Gasteiger partial charge in [0.15, 0.2) is 0 Å². The van der Waals surface area contributed by atoms with Crippen molar-refractivity contribution in [3.63, 3.8) is 0 Å². The summed E-state index contributed by atoms with van der Waals surface area (Å²) in [6.07, 6.45) is 3.02. The second-order valence-corrected chi connectivity index (χ2v) is 5.82. The fraction of sp³-hybridized carbons (Fsp3) is 0.556. The van der Waals surface area contributed by atoms with E-state index in [1.807, 2.05) is 0 Å². The van der Waals surface area contributed by atoms with Gasteiger partial charge in [-0.15, -0.1) is 11.3 Å². The van der Waals surface area contributed by atoms with E-state index in [1.54, 1.807) is 11.3 Å². The van der Waals surface area contributed by atoms with Gasteiger partial charge in [0.1, 0.15) is 0 Å². The Morgan fingerprint density at radius 3 is 2.58 bits per heavy atom. The second kappa shape index (κ2) is 2.82. The van der Waals surface area contributed by atoms with Crippen LogP contribution in [-0.4, -0.2) is 5.11 Å². The molecule has 0 spiro atoms. The van der Waals surface area contributed by atoms with Crippen molar-refractivity contribution in [2.75, 3.05) is 0 Å². The Kier molecular flexibility index (Phi) is 2.05. The van der Waals surface area contributed by atoms with E-state index in [2.05, 4.69) is 28.9 Å². The molecule has 1 aliphatic carbocycles. The molecule has 2 rings (SSSR count). The smallest absolute Gasteiger partial charge is 0.0988 e. The zero-order chi connectivity index (χ0) is 8.77. The average molecular weight is 247 g/mol. The SMILES string of the molecule is Cc1cc(C2(O)CCC2)sc1Br. The Morgan fingerprint density at radius 1 is 1.58 bits per heavy atom. The van der Waals surface area contributed by atoms with Gasteiger partial charge in [-0.1, -0.05) is 0 Å². The molecule has 0 amide bonds. The summed E-state index contributed by atoms with van der Waals surface area (Å²) in [5.74, 6) is 0. The van der Waals surface area contributed by atoms with Crippen molar-refractivity contribution >= 4 is 27.3 Å². The molecule has 0 unspecified atom stereocenters. The van der Waals surface area contributed by atoms with E-state index in [1.165, 1.54) is 5.56 Å². The van der Waals surface area contributed by atoms with Crippen LogP contribution in [0.25, 0.3) is 0 Å². The van der Waals surface area contributed by atoms with E-state index in [4.69, 9.17) is 0 Å². The Morgan fingerprint density at radius 2 is 2.25 bits per heavy atom. The zero-order valence-corrected chi connectivity index (χ0v) is 9.33. The maximum Gasteiger partial charge on any atom is 0.0988 e. The highest BCUT2D eigenvalue weighted by Gasteiger charge is 2.37. The summed E-state index contributed by atoms with van der Waals surface area (Å²) in [6, 6.07) is 2.09. The van der Waals surface area contributed by atoms with Crippen LogP contribution in [0.1, 0.15) is 29.7 Å². The standard InChI is InChI=1S/C9H11BrOS/c1-6-5-7(12-8(6)10)9(11)3-2-4-9/h5,11H,2-4H2,1H3. The van der Waals surface area contributed by atoms with Crippen LogP contribution < -0.4 is 0 Å². The van der Waals surface area contributed by atoms with E-state index < -0.39 is 5.60 Å². The number of aryl methyl sites for hydroxylation is 1. The molecular weight excluding hydrogens is 236 g/mol. The zero-order valence-electron chi connectivity index (χ0n) is 6.93. The van der Waals surface area contributed by atoms with Gasteiger partial charge in [-0.3, -0.25) is 0 Å². The first-order chi connectivity index (χ1) is 5.62. The third kappa shape index (κ3) is 1.24. The maximum atomic E-state index is 10.0. The minimum Gasteiger partial charge on any atom is -0.384 e. The molecule has 0 atom stereocenters. The highest BCUT2D eigenvalue weighted by Crippen LogP contribution is 2.45. The van der Waals surface area contributed by atoms with Gasteiger partial charge in [0.2, 0.25) is 0 Å². The molecule has 12 heavy (non-hydrogen) atoms. The molecule has 66 valence electrons. The van der Waals surface area contributed by atoms with Gasteiger partial charge >= 0.3 is 0 Å². The van der Waals surface area contributed by atoms with Crippen LogP contribution in [-0.2, 0) is 5.60 Å². The molecule has 0 saturated heterocycles. The van der Waals surface area contributed by atoms with Crippen LogP contribution in [0.15, 0.2) is 9.85 Å². The van der Waals surface area contributed by atoms with Gasteiger partial charge in [-0.25, -0.2) is 0 Å². The van der Waals surface area contributed by atoms with Crippen LogP contribution >= 0.6 is 27.3 Å². The Hall–Kier alpha value is 0.140. The second-order valence-electron chi connectivity index (χ2n) is 3.45. The molecule has 1 heterocycles. The highest BCUT2D eigenvalue weighted by atomic mass is 79.9. The van der Waals surface area contributed by atoms with Gasteiger partial charge < -0.3 is 5.11 Å². The molecule has 1 nitrogen and oxygen atoms in total. The van der Waals surface area contributed by atoms with Crippen molar-refractivity contribution in [3.05, 3.63) is 20.3 Å². The molecule has 3 heteroatoms. The Balaban J connectivity index is 2.34. The minimum absolute atomic E-state index is 0.485. The van der Waals surface area contributed by atoms with Crippen molar-refractivity contribution in [1.29, 1.82) is 0 Å². The summed E-state index contributed by atoms with van der Waals surface area (Å²) in [6.45, 7) is 2.06. The number of hydrogen-bond acceptors (Lipinski definition) is 2. The molecule has 1 aromatic heterocycles. The lowest BCUT2D eigenvalue weighted by molar-refractivity contribution is -0.0354. The third-order valence-electron chi connectivity index (χ3n) is 2.50. The van der Waals surface area contributed by atoms with Crippen molar-refractivity contribution in [2.45, 2.75) is 31.8 Å². The Bertz CT molecular complexity index is 282.